The summed E-state index contributed by atoms with van der Waals surface area (Å²) in [5, 5.41) is -0.238. The summed E-state index contributed by atoms with van der Waals surface area (Å²) in [4.78, 5) is 0. The molecule has 0 spiro atoms. The molecule has 132 valence electrons. The smallest absolute Gasteiger partial charge is 0.152 e. The molecule has 0 aliphatic rings. The van der Waals surface area contributed by atoms with E-state index in [2.05, 4.69) is 12.1 Å². The molecular formula is C19H32O3S. The summed E-state index contributed by atoms with van der Waals surface area (Å²) in [6.45, 7) is 5.04. The second kappa shape index (κ2) is 11.6. The lowest BCUT2D eigenvalue weighted by atomic mass is 10.1. The van der Waals surface area contributed by atoms with Crippen molar-refractivity contribution in [3.05, 3.63) is 35.9 Å². The van der Waals surface area contributed by atoms with Gasteiger partial charge in [-0.2, -0.15) is 0 Å². The van der Waals surface area contributed by atoms with Crippen LogP contribution in [0.3, 0.4) is 0 Å². The summed E-state index contributed by atoms with van der Waals surface area (Å²) in [7, 11) is -2.85. The maximum Gasteiger partial charge on any atom is 0.152 e. The third-order valence-corrected chi connectivity index (χ3v) is 6.34. The molecule has 0 N–H and O–H groups in total. The molecule has 4 heteroatoms. The van der Waals surface area contributed by atoms with E-state index >= 15 is 0 Å². The van der Waals surface area contributed by atoms with Gasteiger partial charge >= 0.3 is 0 Å². The summed E-state index contributed by atoms with van der Waals surface area (Å²) in [6, 6.07) is 10.2. The van der Waals surface area contributed by atoms with E-state index < -0.39 is 9.84 Å². The van der Waals surface area contributed by atoms with Gasteiger partial charge in [-0.3, -0.25) is 0 Å². The Kier molecular flexibility index (Phi) is 10.2. The van der Waals surface area contributed by atoms with Crippen LogP contribution >= 0.6 is 0 Å². The van der Waals surface area contributed by atoms with E-state index in [-0.39, 0.29) is 5.25 Å². The van der Waals surface area contributed by atoms with E-state index in [0.717, 1.165) is 32.3 Å². The molecule has 0 saturated heterocycles. The van der Waals surface area contributed by atoms with E-state index in [0.29, 0.717) is 12.4 Å². The first-order valence-corrected chi connectivity index (χ1v) is 10.6. The predicted molar refractivity (Wildman–Crippen MR) is 97.3 cm³/mol. The number of unbranched alkanes of at least 4 members (excludes halogenated alkanes) is 6. The van der Waals surface area contributed by atoms with Crippen LogP contribution in [0, 0.1) is 0 Å². The Labute approximate surface area is 142 Å². The van der Waals surface area contributed by atoms with Crippen molar-refractivity contribution < 1.29 is 13.2 Å². The number of hydrogen-bond acceptors (Lipinski definition) is 3. The van der Waals surface area contributed by atoms with Crippen LogP contribution in [0.15, 0.2) is 30.3 Å². The van der Waals surface area contributed by atoms with E-state index in [9.17, 15) is 8.42 Å². The van der Waals surface area contributed by atoms with Crippen LogP contribution in [0.4, 0.5) is 0 Å². The highest BCUT2D eigenvalue weighted by Gasteiger charge is 2.14. The highest BCUT2D eigenvalue weighted by atomic mass is 32.2. The Hall–Kier alpha value is -0.870. The van der Waals surface area contributed by atoms with Gasteiger partial charge in [0.15, 0.2) is 9.84 Å². The van der Waals surface area contributed by atoms with Crippen LogP contribution in [0.2, 0.25) is 0 Å². The quantitative estimate of drug-likeness (QED) is 0.486. The first kappa shape index (κ1) is 20.2. The molecule has 0 amide bonds. The van der Waals surface area contributed by atoms with Crippen molar-refractivity contribution in [1.29, 1.82) is 0 Å². The molecule has 0 saturated carbocycles. The topological polar surface area (TPSA) is 43.4 Å². The maximum atomic E-state index is 11.7. The van der Waals surface area contributed by atoms with Crippen molar-refractivity contribution in [3.8, 4) is 0 Å². The van der Waals surface area contributed by atoms with Crippen molar-refractivity contribution >= 4 is 9.84 Å². The van der Waals surface area contributed by atoms with E-state index in [1.165, 1.54) is 24.8 Å². The van der Waals surface area contributed by atoms with E-state index in [1.54, 1.807) is 13.8 Å². The molecule has 0 atom stereocenters. The van der Waals surface area contributed by atoms with Gasteiger partial charge in [-0.1, -0.05) is 62.4 Å². The van der Waals surface area contributed by atoms with Gasteiger partial charge in [0.1, 0.15) is 0 Å². The van der Waals surface area contributed by atoms with Gasteiger partial charge in [0.2, 0.25) is 0 Å². The number of sulfone groups is 1. The average Bonchev–Trinajstić information content (AvgIpc) is 2.53. The van der Waals surface area contributed by atoms with Crippen LogP contribution in [-0.2, 0) is 21.2 Å². The lowest BCUT2D eigenvalue weighted by molar-refractivity contribution is 0.116. The normalized spacial score (nSPS) is 12.0. The Morgan fingerprint density at radius 3 is 2.04 bits per heavy atom. The molecule has 0 bridgehead atoms. The van der Waals surface area contributed by atoms with Gasteiger partial charge in [0.05, 0.1) is 17.6 Å². The number of hydrogen-bond donors (Lipinski definition) is 0. The molecule has 0 fully saturated rings. The molecule has 0 heterocycles. The highest BCUT2D eigenvalue weighted by molar-refractivity contribution is 7.91. The molecule has 1 aromatic rings. The lowest BCUT2D eigenvalue weighted by Gasteiger charge is -2.07. The summed E-state index contributed by atoms with van der Waals surface area (Å²) in [5.41, 5.74) is 1.23. The lowest BCUT2D eigenvalue weighted by Crippen LogP contribution is -2.17. The minimum Gasteiger partial charge on any atom is -0.377 e. The van der Waals surface area contributed by atoms with Crippen LogP contribution in [0.5, 0.6) is 0 Å². The monoisotopic (exact) mass is 340 g/mol. The minimum atomic E-state index is -2.85. The summed E-state index contributed by atoms with van der Waals surface area (Å²) in [6.07, 6.45) is 7.68. The standard InChI is InChI=1S/C19H32O3S/c1-18(2)23(20,21)16-12-7-5-3-4-6-11-15-22-17-19-13-9-8-10-14-19/h8-10,13-14,18H,3-7,11-12,15-17H2,1-2H3. The third kappa shape index (κ3) is 9.77. The maximum absolute atomic E-state index is 11.7. The molecule has 3 nitrogen and oxygen atoms in total. The summed E-state index contributed by atoms with van der Waals surface area (Å²) in [5.74, 6) is 0.345. The first-order chi connectivity index (χ1) is 11.0. The molecule has 0 aliphatic heterocycles. The predicted octanol–water partition coefficient (Wildman–Crippen LogP) is 4.76. The zero-order chi connectivity index (χ0) is 17.0. The zero-order valence-electron chi connectivity index (χ0n) is 14.7. The molecule has 1 aromatic carbocycles. The summed E-state index contributed by atoms with van der Waals surface area (Å²) >= 11 is 0. The first-order valence-electron chi connectivity index (χ1n) is 8.85. The molecule has 0 aliphatic carbocycles. The molecule has 0 aromatic heterocycles. The van der Waals surface area contributed by atoms with Crippen LogP contribution < -0.4 is 0 Å². The molecular weight excluding hydrogens is 308 g/mol. The summed E-state index contributed by atoms with van der Waals surface area (Å²) < 4.78 is 29.0. The van der Waals surface area contributed by atoms with Gasteiger partial charge < -0.3 is 4.74 Å². The minimum absolute atomic E-state index is 0.238. The number of benzene rings is 1. The van der Waals surface area contributed by atoms with Crippen molar-refractivity contribution in [2.45, 2.75) is 70.7 Å². The van der Waals surface area contributed by atoms with Crippen molar-refractivity contribution in [3.63, 3.8) is 0 Å². The molecule has 1 rings (SSSR count). The van der Waals surface area contributed by atoms with Crippen molar-refractivity contribution in [2.75, 3.05) is 12.4 Å². The zero-order valence-corrected chi connectivity index (χ0v) is 15.5. The fourth-order valence-corrected chi connectivity index (χ4v) is 3.47. The van der Waals surface area contributed by atoms with Crippen LogP contribution in [0.25, 0.3) is 0 Å². The highest BCUT2D eigenvalue weighted by Crippen LogP contribution is 2.10. The van der Waals surface area contributed by atoms with Crippen molar-refractivity contribution in [2.24, 2.45) is 0 Å². The Morgan fingerprint density at radius 2 is 1.43 bits per heavy atom. The van der Waals surface area contributed by atoms with Gasteiger partial charge in [-0.05, 0) is 32.3 Å². The largest absolute Gasteiger partial charge is 0.377 e. The fourth-order valence-electron chi connectivity index (χ4n) is 2.39. The molecule has 0 radical (unpaired) electrons. The van der Waals surface area contributed by atoms with Gasteiger partial charge in [-0.25, -0.2) is 8.42 Å². The van der Waals surface area contributed by atoms with E-state index in [4.69, 9.17) is 4.74 Å². The van der Waals surface area contributed by atoms with Gasteiger partial charge in [-0.15, -0.1) is 0 Å². The second-order valence-electron chi connectivity index (χ2n) is 6.43. The van der Waals surface area contributed by atoms with Gasteiger partial charge in [0, 0.05) is 6.61 Å². The Balaban J connectivity index is 1.87. The SMILES string of the molecule is CC(C)S(=O)(=O)CCCCCCCCCOCc1ccccc1. The average molecular weight is 341 g/mol. The fraction of sp³-hybridized carbons (Fsp3) is 0.684. The Morgan fingerprint density at radius 1 is 0.870 bits per heavy atom. The van der Waals surface area contributed by atoms with E-state index in [1.807, 2.05) is 18.2 Å². The van der Waals surface area contributed by atoms with Crippen LogP contribution in [-0.4, -0.2) is 26.0 Å². The second-order valence-corrected chi connectivity index (χ2v) is 9.11. The van der Waals surface area contributed by atoms with Gasteiger partial charge in [0.25, 0.3) is 0 Å². The molecule has 0 unspecified atom stereocenters. The number of rotatable bonds is 13. The van der Waals surface area contributed by atoms with Crippen molar-refractivity contribution in [1.82, 2.24) is 0 Å². The van der Waals surface area contributed by atoms with Crippen LogP contribution in [0.1, 0.15) is 64.4 Å². The third-order valence-electron chi connectivity index (χ3n) is 4.05. The number of ether oxygens (including phenoxy) is 1. The molecule has 23 heavy (non-hydrogen) atoms. The Bertz CT molecular complexity index is 495.